The number of phosphoric acid groups is 2. The quantitative estimate of drug-likeness (QED) is 0.116. The molecule has 0 aliphatic carbocycles. The molecule has 5 aromatic rings. The van der Waals surface area contributed by atoms with E-state index in [1.807, 2.05) is 24.3 Å². The van der Waals surface area contributed by atoms with Gasteiger partial charge in [-0.2, -0.15) is 0 Å². The van der Waals surface area contributed by atoms with Gasteiger partial charge in [0.15, 0.2) is 0 Å². The van der Waals surface area contributed by atoms with Gasteiger partial charge in [0.25, 0.3) is 0 Å². The Morgan fingerprint density at radius 2 is 0.595 bits per heavy atom. The van der Waals surface area contributed by atoms with Crippen molar-refractivity contribution < 1.29 is 36.3 Å². The first-order valence-corrected chi connectivity index (χ1v) is 15.9. The zero-order chi connectivity index (χ0) is 29.1. The van der Waals surface area contributed by atoms with Gasteiger partial charge in [-0.1, -0.05) is 97.1 Å². The predicted octanol–water partition coefficient (Wildman–Crippen LogP) is 9.25. The molecule has 0 heterocycles. The number of hydrogen-bond acceptors (Lipinski definition) is 8. The van der Waals surface area contributed by atoms with Crippen LogP contribution in [0, 0.1) is 0 Å². The first kappa shape index (κ1) is 29.2. The second-order valence-electron chi connectivity index (χ2n) is 8.88. The van der Waals surface area contributed by atoms with E-state index in [1.165, 1.54) is 0 Å². The smallest absolute Gasteiger partial charge is 0.395 e. The summed E-state index contributed by atoms with van der Waals surface area (Å²) in [5, 5.41) is 0. The third-order valence-electron chi connectivity index (χ3n) is 5.64. The molecule has 0 bridgehead atoms. The molecular weight excluding hydrogens is 574 g/mol. The van der Waals surface area contributed by atoms with Gasteiger partial charge in [0, 0.05) is 0 Å². The maximum atomic E-state index is 13.6. The van der Waals surface area contributed by atoms with Crippen molar-refractivity contribution in [3.05, 3.63) is 157 Å². The van der Waals surface area contributed by atoms with Crippen molar-refractivity contribution in [1.82, 2.24) is 0 Å². The predicted molar refractivity (Wildman–Crippen MR) is 160 cm³/mol. The van der Waals surface area contributed by atoms with Crippen LogP contribution in [0.15, 0.2) is 146 Å². The van der Waals surface area contributed by atoms with Gasteiger partial charge >= 0.3 is 15.6 Å². The molecule has 0 aliphatic heterocycles. The van der Waals surface area contributed by atoms with E-state index in [2.05, 4.69) is 0 Å². The molecule has 0 fully saturated rings. The van der Waals surface area contributed by atoms with Gasteiger partial charge in [-0.25, -0.2) is 9.13 Å². The van der Waals surface area contributed by atoms with Crippen LogP contribution >= 0.6 is 15.6 Å². The molecule has 0 radical (unpaired) electrons. The summed E-state index contributed by atoms with van der Waals surface area (Å²) in [5.41, 5.74) is 1.41. The molecule has 42 heavy (non-hydrogen) atoms. The first-order chi connectivity index (χ1) is 20.5. The van der Waals surface area contributed by atoms with Gasteiger partial charge in [-0.15, -0.1) is 0 Å². The van der Waals surface area contributed by atoms with Crippen molar-refractivity contribution >= 4 is 15.6 Å². The van der Waals surface area contributed by atoms with Gasteiger partial charge in [-0.05, 0) is 59.7 Å². The Labute approximate surface area is 244 Å². The minimum Gasteiger partial charge on any atom is -0.395 e. The molecule has 0 saturated carbocycles. The fourth-order valence-electron chi connectivity index (χ4n) is 3.62. The molecule has 0 aromatic heterocycles. The molecule has 0 amide bonds. The lowest BCUT2D eigenvalue weighted by molar-refractivity contribution is 0.198. The highest BCUT2D eigenvalue weighted by molar-refractivity contribution is 7.49. The van der Waals surface area contributed by atoms with Gasteiger partial charge in [-0.3, -0.25) is 9.05 Å². The summed E-state index contributed by atoms with van der Waals surface area (Å²) in [6.07, 6.45) is 0. The van der Waals surface area contributed by atoms with Crippen molar-refractivity contribution in [2.75, 3.05) is 0 Å². The second kappa shape index (κ2) is 14.0. The van der Waals surface area contributed by atoms with Crippen molar-refractivity contribution in [2.24, 2.45) is 0 Å². The number of benzene rings is 5. The van der Waals surface area contributed by atoms with Crippen molar-refractivity contribution in [3.63, 3.8) is 0 Å². The first-order valence-electron chi connectivity index (χ1n) is 13.0. The van der Waals surface area contributed by atoms with Crippen molar-refractivity contribution in [1.29, 1.82) is 0 Å². The molecule has 5 aromatic carbocycles. The largest absolute Gasteiger partial charge is 0.587 e. The molecule has 0 saturated heterocycles. The number of phosphoric ester groups is 2. The SMILES string of the molecule is O=P(OCc1ccc(COP(=O)(Oc2ccccc2)Oc2ccccc2)cc1)(Oc1ccccc1)Oc1ccccc1. The van der Waals surface area contributed by atoms with E-state index >= 15 is 0 Å². The summed E-state index contributed by atoms with van der Waals surface area (Å²) in [7, 11) is -8.07. The van der Waals surface area contributed by atoms with E-state index in [-0.39, 0.29) is 13.2 Å². The number of rotatable bonds is 14. The summed E-state index contributed by atoms with van der Waals surface area (Å²) in [4.78, 5) is 0. The van der Waals surface area contributed by atoms with Gasteiger partial charge < -0.3 is 18.1 Å². The van der Waals surface area contributed by atoms with Crippen LogP contribution in [0.2, 0.25) is 0 Å². The van der Waals surface area contributed by atoms with Crippen LogP contribution in [0.3, 0.4) is 0 Å². The minimum absolute atomic E-state index is 0.0508. The molecular formula is C32H28O8P2. The Hall–Kier alpha value is -4.32. The van der Waals surface area contributed by atoms with Crippen LogP contribution in [0.25, 0.3) is 0 Å². The van der Waals surface area contributed by atoms with Crippen molar-refractivity contribution in [3.8, 4) is 23.0 Å². The molecule has 0 aliphatic rings. The van der Waals surface area contributed by atoms with E-state index in [0.717, 1.165) is 0 Å². The molecule has 0 N–H and O–H groups in total. The zero-order valence-electron chi connectivity index (χ0n) is 22.4. The Balaban J connectivity index is 1.24. The summed E-state index contributed by atoms with van der Waals surface area (Å²) in [6.45, 7) is -0.102. The number of para-hydroxylation sites is 4. The number of hydrogen-bond donors (Lipinski definition) is 0. The third kappa shape index (κ3) is 8.84. The van der Waals surface area contributed by atoms with E-state index in [4.69, 9.17) is 27.1 Å². The topological polar surface area (TPSA) is 89.5 Å². The molecule has 8 nitrogen and oxygen atoms in total. The average molecular weight is 603 g/mol. The van der Waals surface area contributed by atoms with Crippen LogP contribution in [-0.2, 0) is 31.4 Å². The molecule has 5 rings (SSSR count). The third-order valence-corrected chi connectivity index (χ3v) is 8.27. The standard InChI is InChI=1S/C32H28O8P2/c33-41(37-29-13-5-1-6-14-29,38-30-15-7-2-8-16-30)35-25-27-21-23-28(24-22-27)26-36-42(34,39-31-17-9-3-10-18-31)40-32-19-11-4-12-20-32/h1-24H,25-26H2. The highest BCUT2D eigenvalue weighted by Crippen LogP contribution is 2.51. The molecule has 0 unspecified atom stereocenters. The van der Waals surface area contributed by atoms with Crippen LogP contribution < -0.4 is 18.1 Å². The van der Waals surface area contributed by atoms with Gasteiger partial charge in [0.1, 0.15) is 23.0 Å². The maximum Gasteiger partial charge on any atom is 0.587 e. The van der Waals surface area contributed by atoms with Gasteiger partial charge in [0.2, 0.25) is 0 Å². The lowest BCUT2D eigenvalue weighted by Gasteiger charge is -2.20. The Bertz CT molecular complexity index is 1400. The van der Waals surface area contributed by atoms with E-state index < -0.39 is 15.6 Å². The summed E-state index contributed by atoms with van der Waals surface area (Å²) in [5.74, 6) is 1.40. The maximum absolute atomic E-state index is 13.6. The molecule has 0 atom stereocenters. The molecule has 214 valence electrons. The van der Waals surface area contributed by atoms with Crippen LogP contribution in [-0.4, -0.2) is 0 Å². The zero-order valence-corrected chi connectivity index (χ0v) is 24.2. The fraction of sp³-hybridized carbons (Fsp3) is 0.0625. The highest BCUT2D eigenvalue weighted by Gasteiger charge is 2.32. The monoisotopic (exact) mass is 602 g/mol. The average Bonchev–Trinajstić information content (AvgIpc) is 3.01. The lowest BCUT2D eigenvalue weighted by atomic mass is 10.1. The molecule has 10 heteroatoms. The van der Waals surface area contributed by atoms with Crippen molar-refractivity contribution in [2.45, 2.75) is 13.2 Å². The second-order valence-corrected chi connectivity index (χ2v) is 11.9. The summed E-state index contributed by atoms with van der Waals surface area (Å²) >= 11 is 0. The Morgan fingerprint density at radius 1 is 0.357 bits per heavy atom. The normalized spacial score (nSPS) is 11.4. The van der Waals surface area contributed by atoms with Crippen LogP contribution in [0.1, 0.15) is 11.1 Å². The molecule has 0 spiro atoms. The van der Waals surface area contributed by atoms with E-state index in [0.29, 0.717) is 34.1 Å². The summed E-state index contributed by atoms with van der Waals surface area (Å²) in [6, 6.07) is 41.8. The lowest BCUT2D eigenvalue weighted by Crippen LogP contribution is -2.06. The van der Waals surface area contributed by atoms with Crippen LogP contribution in [0.4, 0.5) is 0 Å². The van der Waals surface area contributed by atoms with Crippen LogP contribution in [0.5, 0.6) is 23.0 Å². The Morgan fingerprint density at radius 3 is 0.833 bits per heavy atom. The Kier molecular flexibility index (Phi) is 9.75. The van der Waals surface area contributed by atoms with E-state index in [9.17, 15) is 9.13 Å². The van der Waals surface area contributed by atoms with Gasteiger partial charge in [0.05, 0.1) is 13.2 Å². The highest BCUT2D eigenvalue weighted by atomic mass is 31.2. The minimum atomic E-state index is -4.04. The van der Waals surface area contributed by atoms with E-state index in [1.54, 1.807) is 121 Å². The summed E-state index contributed by atoms with van der Waals surface area (Å²) < 4.78 is 61.2. The fourth-order valence-corrected chi connectivity index (χ4v) is 6.04.